The van der Waals surface area contributed by atoms with Gasteiger partial charge in [-0.2, -0.15) is 0 Å². The van der Waals surface area contributed by atoms with E-state index in [2.05, 4.69) is 59.5 Å². The van der Waals surface area contributed by atoms with E-state index < -0.39 is 0 Å². The fourth-order valence-electron chi connectivity index (χ4n) is 6.31. The van der Waals surface area contributed by atoms with Gasteiger partial charge in [0, 0.05) is 16.9 Å². The van der Waals surface area contributed by atoms with Crippen molar-refractivity contribution in [2.24, 2.45) is 0 Å². The van der Waals surface area contributed by atoms with Crippen LogP contribution in [0.25, 0.3) is 6.08 Å². The molecular weight excluding hydrogens is 573 g/mol. The van der Waals surface area contributed by atoms with E-state index in [1.807, 2.05) is 59.5 Å². The van der Waals surface area contributed by atoms with Crippen molar-refractivity contribution in [3.63, 3.8) is 0 Å². The second-order valence-corrected chi connectivity index (χ2v) is 13.3. The van der Waals surface area contributed by atoms with Crippen LogP contribution in [-0.4, -0.2) is 36.2 Å². The number of carbonyl (C=O) groups is 2. The Hall–Kier alpha value is -3.93. The van der Waals surface area contributed by atoms with Gasteiger partial charge < -0.3 is 9.80 Å². The fraction of sp³-hybridized carbons (Fsp3) is 0.300. The molecule has 0 aliphatic carbocycles. The quantitative estimate of drug-likeness (QED) is 0.0960. The highest BCUT2D eigenvalue weighted by molar-refractivity contribution is 8.04. The van der Waals surface area contributed by atoms with Crippen LogP contribution in [-0.2, 0) is 17.8 Å². The van der Waals surface area contributed by atoms with E-state index in [4.69, 9.17) is 0 Å². The molecule has 4 aromatic carbocycles. The minimum Gasteiger partial charge on any atom is -0.303 e. The highest BCUT2D eigenvalue weighted by Gasteiger charge is 2.29. The third-order valence-electron chi connectivity index (χ3n) is 8.77. The van der Waals surface area contributed by atoms with Crippen LogP contribution >= 0.6 is 11.8 Å². The monoisotopic (exact) mass is 614 g/mol. The van der Waals surface area contributed by atoms with Gasteiger partial charge in [-0.3, -0.25) is 9.59 Å². The summed E-state index contributed by atoms with van der Waals surface area (Å²) in [6.07, 6.45) is 10.7. The SMILES string of the molecule is O=C(CCCCN1CCCCCC1)c1ccc(/C=C2\Sc3ccccc3N(Cc3cccc(Cc4ccccc4)c3)C2=O)cc1. The number of carbonyl (C=O) groups excluding carboxylic acids is 2. The topological polar surface area (TPSA) is 40.6 Å². The molecule has 5 heteroatoms. The summed E-state index contributed by atoms with van der Waals surface area (Å²) in [7, 11) is 0. The molecule has 6 rings (SSSR count). The smallest absolute Gasteiger partial charge is 0.265 e. The molecule has 1 amide bonds. The van der Waals surface area contributed by atoms with E-state index in [1.54, 1.807) is 0 Å². The number of hydrogen-bond acceptors (Lipinski definition) is 4. The maximum atomic E-state index is 13.9. The minimum atomic E-state index is -0.00303. The van der Waals surface area contributed by atoms with Crippen LogP contribution in [0.5, 0.6) is 0 Å². The lowest BCUT2D eigenvalue weighted by molar-refractivity contribution is -0.114. The molecule has 0 saturated carbocycles. The summed E-state index contributed by atoms with van der Waals surface area (Å²) >= 11 is 1.52. The predicted molar refractivity (Wildman–Crippen MR) is 187 cm³/mol. The minimum absolute atomic E-state index is 0.00303. The van der Waals surface area contributed by atoms with Gasteiger partial charge in [-0.05, 0) is 92.2 Å². The summed E-state index contributed by atoms with van der Waals surface area (Å²) in [5.74, 6) is 0.194. The van der Waals surface area contributed by atoms with Gasteiger partial charge in [-0.15, -0.1) is 0 Å². The number of unbranched alkanes of at least 4 members (excludes halogenated alkanes) is 1. The van der Waals surface area contributed by atoms with Crippen LogP contribution in [0, 0.1) is 0 Å². The predicted octanol–water partition coefficient (Wildman–Crippen LogP) is 9.19. The van der Waals surface area contributed by atoms with E-state index in [0.29, 0.717) is 17.9 Å². The Morgan fingerprint density at radius 3 is 2.24 bits per heavy atom. The lowest BCUT2D eigenvalue weighted by atomic mass is 10.0. The van der Waals surface area contributed by atoms with E-state index in [9.17, 15) is 9.59 Å². The van der Waals surface area contributed by atoms with Crippen molar-refractivity contribution in [2.75, 3.05) is 24.5 Å². The zero-order valence-corrected chi connectivity index (χ0v) is 26.8. The number of likely N-dealkylation sites (tertiary alicyclic amines) is 1. The second kappa shape index (κ2) is 15.4. The Bertz CT molecular complexity index is 1620. The molecule has 0 unspecified atom stereocenters. The number of hydrogen-bond donors (Lipinski definition) is 0. The van der Waals surface area contributed by atoms with Crippen molar-refractivity contribution >= 4 is 35.2 Å². The highest BCUT2D eigenvalue weighted by atomic mass is 32.2. The number of amides is 1. The number of thioether (sulfide) groups is 1. The van der Waals surface area contributed by atoms with Crippen molar-refractivity contribution in [1.29, 1.82) is 0 Å². The Kier molecular flexibility index (Phi) is 10.6. The standard InChI is InChI=1S/C40H42N2O2S/c43-37(18-8-11-26-41-24-9-1-2-10-25-41)35-22-20-32(21-23-35)29-39-40(44)42(36-17-6-7-19-38(36)45-39)30-34-16-12-15-33(28-34)27-31-13-4-3-5-14-31/h3-7,12-17,19-23,28-29H,1-2,8-11,18,24-27,30H2/b39-29-. The van der Waals surface area contributed by atoms with E-state index in [-0.39, 0.29) is 11.7 Å². The molecule has 2 heterocycles. The molecule has 4 nitrogen and oxygen atoms in total. The molecule has 230 valence electrons. The molecule has 2 aliphatic rings. The zero-order valence-electron chi connectivity index (χ0n) is 26.0. The summed E-state index contributed by atoms with van der Waals surface area (Å²) in [6.45, 7) is 4.01. The molecule has 4 aromatic rings. The number of nitrogens with zero attached hydrogens (tertiary/aromatic N) is 2. The molecular formula is C40H42N2O2S. The average molecular weight is 615 g/mol. The molecule has 0 spiro atoms. The van der Waals surface area contributed by atoms with Crippen molar-refractivity contribution in [3.05, 3.63) is 136 Å². The number of ketones is 1. The molecule has 2 aliphatic heterocycles. The van der Waals surface area contributed by atoms with E-state index >= 15 is 0 Å². The first-order chi connectivity index (χ1) is 22.1. The number of rotatable bonds is 11. The van der Waals surface area contributed by atoms with Gasteiger partial charge in [0.2, 0.25) is 0 Å². The number of fused-ring (bicyclic) bond motifs is 1. The first-order valence-corrected chi connectivity index (χ1v) is 17.2. The van der Waals surface area contributed by atoms with Gasteiger partial charge in [0.05, 0.1) is 17.1 Å². The maximum absolute atomic E-state index is 13.9. The Morgan fingerprint density at radius 1 is 0.733 bits per heavy atom. The molecule has 0 bridgehead atoms. The lowest BCUT2D eigenvalue weighted by Crippen LogP contribution is -2.33. The highest BCUT2D eigenvalue weighted by Crippen LogP contribution is 2.42. The van der Waals surface area contributed by atoms with Crippen molar-refractivity contribution in [2.45, 2.75) is 62.8 Å². The van der Waals surface area contributed by atoms with E-state index in [0.717, 1.165) is 53.1 Å². The molecule has 45 heavy (non-hydrogen) atoms. The fourth-order valence-corrected chi connectivity index (χ4v) is 7.37. The van der Waals surface area contributed by atoms with Gasteiger partial charge in [0.1, 0.15) is 0 Å². The number of anilines is 1. The number of benzene rings is 4. The molecule has 0 N–H and O–H groups in total. The zero-order chi connectivity index (χ0) is 30.8. The van der Waals surface area contributed by atoms with E-state index in [1.165, 1.54) is 61.7 Å². The Labute approximate surface area is 272 Å². The summed E-state index contributed by atoms with van der Waals surface area (Å²) in [4.78, 5) is 33.0. The average Bonchev–Trinajstić information content (AvgIpc) is 3.35. The van der Waals surface area contributed by atoms with Crippen LogP contribution in [0.2, 0.25) is 0 Å². The van der Waals surface area contributed by atoms with Gasteiger partial charge in [-0.25, -0.2) is 0 Å². The third kappa shape index (κ3) is 8.42. The van der Waals surface area contributed by atoms with Gasteiger partial charge in [0.25, 0.3) is 5.91 Å². The van der Waals surface area contributed by atoms with Crippen molar-refractivity contribution < 1.29 is 9.59 Å². The summed E-state index contributed by atoms with van der Waals surface area (Å²) in [5.41, 5.74) is 6.21. The van der Waals surface area contributed by atoms with Crippen LogP contribution < -0.4 is 4.90 Å². The Balaban J connectivity index is 1.11. The lowest BCUT2D eigenvalue weighted by Gasteiger charge is -2.30. The van der Waals surface area contributed by atoms with Crippen LogP contribution in [0.1, 0.15) is 77.6 Å². The van der Waals surface area contributed by atoms with Crippen molar-refractivity contribution in [1.82, 2.24) is 4.90 Å². The van der Waals surface area contributed by atoms with Gasteiger partial charge >= 0.3 is 0 Å². The number of Topliss-reactive ketones (excluding diaryl/α,β-unsaturated/α-hetero) is 1. The van der Waals surface area contributed by atoms with Gasteiger partial charge in [-0.1, -0.05) is 116 Å². The van der Waals surface area contributed by atoms with Crippen LogP contribution in [0.4, 0.5) is 5.69 Å². The first kappa shape index (κ1) is 31.1. The van der Waals surface area contributed by atoms with Gasteiger partial charge in [0.15, 0.2) is 5.78 Å². The summed E-state index contributed by atoms with van der Waals surface area (Å²) < 4.78 is 0. The third-order valence-corrected chi connectivity index (χ3v) is 9.85. The molecule has 0 radical (unpaired) electrons. The largest absolute Gasteiger partial charge is 0.303 e. The molecule has 1 saturated heterocycles. The summed E-state index contributed by atoms with van der Waals surface area (Å²) in [6, 6.07) is 34.9. The molecule has 0 atom stereocenters. The first-order valence-electron chi connectivity index (χ1n) is 16.4. The molecule has 0 aromatic heterocycles. The van der Waals surface area contributed by atoms with Crippen LogP contribution in [0.3, 0.4) is 0 Å². The van der Waals surface area contributed by atoms with Crippen molar-refractivity contribution in [3.8, 4) is 0 Å². The van der Waals surface area contributed by atoms with Crippen LogP contribution in [0.15, 0.2) is 113 Å². The molecule has 1 fully saturated rings. The number of para-hydroxylation sites is 1. The second-order valence-electron chi connectivity index (χ2n) is 12.2. The maximum Gasteiger partial charge on any atom is 0.265 e. The summed E-state index contributed by atoms with van der Waals surface area (Å²) in [5, 5.41) is 0. The normalized spacial score (nSPS) is 16.4. The Morgan fingerprint density at radius 2 is 1.44 bits per heavy atom.